The molecule has 25 heavy (non-hydrogen) atoms. The molecule has 0 bridgehead atoms. The molecule has 0 unspecified atom stereocenters. The van der Waals surface area contributed by atoms with E-state index in [0.29, 0.717) is 11.5 Å². The van der Waals surface area contributed by atoms with Crippen molar-refractivity contribution in [3.63, 3.8) is 0 Å². The van der Waals surface area contributed by atoms with Gasteiger partial charge in [0.2, 0.25) is 0 Å². The number of rotatable bonds is 3. The Hall–Kier alpha value is -2.59. The number of carbonyl (C=O) groups is 1. The lowest BCUT2D eigenvalue weighted by atomic mass is 9.88. The van der Waals surface area contributed by atoms with Crippen molar-refractivity contribution in [2.24, 2.45) is 0 Å². The predicted octanol–water partition coefficient (Wildman–Crippen LogP) is 5.43. The summed E-state index contributed by atoms with van der Waals surface area (Å²) in [4.78, 5) is 12.9. The van der Waals surface area contributed by atoms with Crippen LogP contribution < -0.4 is 4.74 Å². The topological polar surface area (TPSA) is 35.5 Å². The molecule has 0 N–H and O–H groups in total. The summed E-state index contributed by atoms with van der Waals surface area (Å²) < 4.78 is 12.5. The third-order valence-corrected chi connectivity index (χ3v) is 4.74. The van der Waals surface area contributed by atoms with Gasteiger partial charge >= 0.3 is 5.97 Å². The van der Waals surface area contributed by atoms with E-state index in [-0.39, 0.29) is 12.6 Å². The summed E-state index contributed by atoms with van der Waals surface area (Å²) in [5, 5.41) is 0. The zero-order valence-corrected chi connectivity index (χ0v) is 14.9. The Morgan fingerprint density at radius 3 is 2.04 bits per heavy atom. The maximum absolute atomic E-state index is 12.9. The Labute approximate surface area is 154 Å². The van der Waals surface area contributed by atoms with E-state index in [1.54, 1.807) is 0 Å². The fraction of sp³-hybridized carbons (Fsp3) is 0.0952. The van der Waals surface area contributed by atoms with Gasteiger partial charge in [-0.15, -0.1) is 0 Å². The van der Waals surface area contributed by atoms with Crippen molar-refractivity contribution in [3.05, 3.63) is 94.0 Å². The highest BCUT2D eigenvalue weighted by molar-refractivity contribution is 9.10. The van der Waals surface area contributed by atoms with E-state index < -0.39 is 5.92 Å². The number of hydrogen-bond acceptors (Lipinski definition) is 3. The molecule has 1 heterocycles. The number of ether oxygens (including phenoxy) is 2. The van der Waals surface area contributed by atoms with Crippen LogP contribution in [-0.4, -0.2) is 5.97 Å². The number of halogens is 1. The lowest BCUT2D eigenvalue weighted by Crippen LogP contribution is -2.21. The SMILES string of the molecule is O=C(OCc1ccc(Br)cc1)C1c2ccccc2Oc2ccccc21. The van der Waals surface area contributed by atoms with E-state index in [1.807, 2.05) is 72.8 Å². The number of para-hydroxylation sites is 2. The van der Waals surface area contributed by atoms with Gasteiger partial charge in [-0.05, 0) is 29.8 Å². The Bertz CT molecular complexity index is 873. The van der Waals surface area contributed by atoms with Gasteiger partial charge in [-0.1, -0.05) is 64.5 Å². The molecular formula is C21H15BrO3. The first kappa shape index (κ1) is 15.9. The molecule has 3 aromatic carbocycles. The molecule has 3 nitrogen and oxygen atoms in total. The largest absolute Gasteiger partial charge is 0.460 e. The molecule has 1 aliphatic heterocycles. The van der Waals surface area contributed by atoms with Crippen molar-refractivity contribution >= 4 is 21.9 Å². The quantitative estimate of drug-likeness (QED) is 0.555. The van der Waals surface area contributed by atoms with Gasteiger partial charge in [0.25, 0.3) is 0 Å². The second-order valence-electron chi connectivity index (χ2n) is 5.84. The van der Waals surface area contributed by atoms with Crippen molar-refractivity contribution in [1.82, 2.24) is 0 Å². The van der Waals surface area contributed by atoms with Crippen LogP contribution in [0.1, 0.15) is 22.6 Å². The molecule has 0 aliphatic carbocycles. The van der Waals surface area contributed by atoms with E-state index in [1.165, 1.54) is 0 Å². The van der Waals surface area contributed by atoms with Gasteiger partial charge in [0.15, 0.2) is 0 Å². The minimum absolute atomic E-state index is 0.244. The smallest absolute Gasteiger partial charge is 0.318 e. The van der Waals surface area contributed by atoms with Crippen molar-refractivity contribution < 1.29 is 14.3 Å². The first-order valence-corrected chi connectivity index (χ1v) is 8.78. The minimum atomic E-state index is -0.475. The van der Waals surface area contributed by atoms with Crippen LogP contribution in [0.4, 0.5) is 0 Å². The number of esters is 1. The third kappa shape index (κ3) is 3.17. The standard InChI is InChI=1S/C21H15BrO3/c22-15-11-9-14(10-12-15)13-24-21(23)20-16-5-1-3-7-18(16)25-19-8-4-2-6-17(19)20/h1-12,20H,13H2. The Morgan fingerprint density at radius 1 is 0.880 bits per heavy atom. The average molecular weight is 395 g/mol. The monoisotopic (exact) mass is 394 g/mol. The minimum Gasteiger partial charge on any atom is -0.460 e. The van der Waals surface area contributed by atoms with Crippen LogP contribution in [0.25, 0.3) is 0 Å². The Morgan fingerprint density at radius 2 is 1.44 bits per heavy atom. The van der Waals surface area contributed by atoms with E-state index in [4.69, 9.17) is 9.47 Å². The van der Waals surface area contributed by atoms with Crippen LogP contribution in [-0.2, 0) is 16.1 Å². The van der Waals surface area contributed by atoms with Gasteiger partial charge in [-0.25, -0.2) is 0 Å². The summed E-state index contributed by atoms with van der Waals surface area (Å²) in [6.45, 7) is 0.244. The molecule has 1 aliphatic rings. The highest BCUT2D eigenvalue weighted by atomic mass is 79.9. The highest BCUT2D eigenvalue weighted by Gasteiger charge is 2.33. The Balaban J connectivity index is 1.62. The molecule has 0 amide bonds. The summed E-state index contributed by atoms with van der Waals surface area (Å²) in [6.07, 6.45) is 0. The van der Waals surface area contributed by atoms with E-state index >= 15 is 0 Å². The number of benzene rings is 3. The van der Waals surface area contributed by atoms with Gasteiger partial charge in [0.1, 0.15) is 24.0 Å². The summed E-state index contributed by atoms with van der Waals surface area (Å²) in [7, 11) is 0. The zero-order chi connectivity index (χ0) is 17.2. The molecule has 0 aromatic heterocycles. The van der Waals surface area contributed by atoms with E-state index in [2.05, 4.69) is 15.9 Å². The second kappa shape index (κ2) is 6.73. The van der Waals surface area contributed by atoms with Crippen LogP contribution in [0.3, 0.4) is 0 Å². The fourth-order valence-electron chi connectivity index (χ4n) is 2.98. The van der Waals surface area contributed by atoms with E-state index in [0.717, 1.165) is 21.2 Å². The normalized spacial score (nSPS) is 12.7. The molecule has 124 valence electrons. The highest BCUT2D eigenvalue weighted by Crippen LogP contribution is 2.44. The molecule has 0 saturated carbocycles. The van der Waals surface area contributed by atoms with Gasteiger partial charge < -0.3 is 9.47 Å². The molecule has 0 atom stereocenters. The Kier molecular flexibility index (Phi) is 4.28. The molecule has 4 heteroatoms. The summed E-state index contributed by atoms with van der Waals surface area (Å²) in [6, 6.07) is 22.9. The summed E-state index contributed by atoms with van der Waals surface area (Å²) in [5.41, 5.74) is 2.62. The van der Waals surface area contributed by atoms with Crippen molar-refractivity contribution in [2.75, 3.05) is 0 Å². The molecule has 4 rings (SSSR count). The first-order chi connectivity index (χ1) is 12.2. The lowest BCUT2D eigenvalue weighted by Gasteiger charge is -2.26. The van der Waals surface area contributed by atoms with Crippen LogP contribution >= 0.6 is 15.9 Å². The van der Waals surface area contributed by atoms with E-state index in [9.17, 15) is 4.79 Å². The number of carbonyl (C=O) groups excluding carboxylic acids is 1. The van der Waals surface area contributed by atoms with Crippen LogP contribution in [0.2, 0.25) is 0 Å². The van der Waals surface area contributed by atoms with Crippen molar-refractivity contribution in [1.29, 1.82) is 0 Å². The first-order valence-electron chi connectivity index (χ1n) is 7.99. The maximum Gasteiger partial charge on any atom is 0.318 e. The number of fused-ring (bicyclic) bond motifs is 2. The molecule has 0 radical (unpaired) electrons. The van der Waals surface area contributed by atoms with Gasteiger partial charge in [-0.3, -0.25) is 4.79 Å². The second-order valence-corrected chi connectivity index (χ2v) is 6.76. The summed E-state index contributed by atoms with van der Waals surface area (Å²) in [5.74, 6) is 0.654. The van der Waals surface area contributed by atoms with Crippen LogP contribution in [0.15, 0.2) is 77.3 Å². The lowest BCUT2D eigenvalue weighted by molar-refractivity contribution is -0.145. The number of hydrogen-bond donors (Lipinski definition) is 0. The third-order valence-electron chi connectivity index (χ3n) is 4.21. The molecular weight excluding hydrogens is 380 g/mol. The van der Waals surface area contributed by atoms with Gasteiger partial charge in [0, 0.05) is 15.6 Å². The van der Waals surface area contributed by atoms with Gasteiger partial charge in [-0.2, -0.15) is 0 Å². The fourth-order valence-corrected chi connectivity index (χ4v) is 3.25. The molecule has 0 saturated heterocycles. The molecule has 0 spiro atoms. The molecule has 0 fully saturated rings. The van der Waals surface area contributed by atoms with Crippen molar-refractivity contribution in [2.45, 2.75) is 12.5 Å². The van der Waals surface area contributed by atoms with Crippen LogP contribution in [0.5, 0.6) is 11.5 Å². The maximum atomic E-state index is 12.9. The molecule has 3 aromatic rings. The van der Waals surface area contributed by atoms with Gasteiger partial charge in [0.05, 0.1) is 0 Å². The predicted molar refractivity (Wildman–Crippen MR) is 98.7 cm³/mol. The summed E-state index contributed by atoms with van der Waals surface area (Å²) >= 11 is 3.40. The zero-order valence-electron chi connectivity index (χ0n) is 13.3. The average Bonchev–Trinajstić information content (AvgIpc) is 2.65. The van der Waals surface area contributed by atoms with Crippen LogP contribution in [0, 0.1) is 0 Å². The van der Waals surface area contributed by atoms with Crippen molar-refractivity contribution in [3.8, 4) is 11.5 Å².